The van der Waals surface area contributed by atoms with E-state index in [1.54, 1.807) is 18.2 Å². The number of carbonyl (C=O) groups excluding carboxylic acids is 1. The van der Waals surface area contributed by atoms with Crippen LogP contribution in [0.2, 0.25) is 0 Å². The number of hydrogen-bond donors (Lipinski definition) is 1. The number of aromatic nitrogens is 2. The lowest BCUT2D eigenvalue weighted by Crippen LogP contribution is -2.27. The topological polar surface area (TPSA) is 101 Å². The van der Waals surface area contributed by atoms with Crippen molar-refractivity contribution in [1.82, 2.24) is 13.9 Å². The van der Waals surface area contributed by atoms with Crippen molar-refractivity contribution in [3.63, 3.8) is 0 Å². The van der Waals surface area contributed by atoms with Gasteiger partial charge in [0.05, 0.1) is 15.1 Å². The number of nitrogens with one attached hydrogen (secondary N) is 1. The Bertz CT molecular complexity index is 1240. The van der Waals surface area contributed by atoms with Crippen LogP contribution in [-0.2, 0) is 21.4 Å². The molecule has 0 radical (unpaired) electrons. The van der Waals surface area contributed by atoms with E-state index in [0.29, 0.717) is 29.1 Å². The van der Waals surface area contributed by atoms with Crippen LogP contribution < -0.4 is 10.2 Å². The fourth-order valence-electron chi connectivity index (χ4n) is 3.37. The molecular weight excluding hydrogens is 412 g/mol. The van der Waals surface area contributed by atoms with Crippen molar-refractivity contribution in [1.29, 1.82) is 0 Å². The number of benzene rings is 1. The summed E-state index contributed by atoms with van der Waals surface area (Å²) in [6, 6.07) is 9.89. The molecule has 1 N–H and O–H groups in total. The van der Waals surface area contributed by atoms with Gasteiger partial charge in [0.25, 0.3) is 0 Å². The Morgan fingerprint density at radius 1 is 1.21 bits per heavy atom. The number of aryl methyl sites for hydroxylation is 1. The Balaban J connectivity index is 1.60. The molecule has 4 rings (SSSR count). The monoisotopic (exact) mass is 432 g/mol. The minimum Gasteiger partial charge on any atom is -0.309 e. The van der Waals surface area contributed by atoms with Crippen LogP contribution in [0.15, 0.2) is 46.1 Å². The summed E-state index contributed by atoms with van der Waals surface area (Å²) in [6.45, 7) is 2.68. The third-order valence-electron chi connectivity index (χ3n) is 4.80. The first kappa shape index (κ1) is 19.7. The predicted octanol–water partition coefficient (Wildman–Crippen LogP) is 2.19. The van der Waals surface area contributed by atoms with Gasteiger partial charge < -0.3 is 5.32 Å². The van der Waals surface area contributed by atoms with Crippen LogP contribution in [0.3, 0.4) is 0 Å². The molecule has 3 aromatic rings. The molecule has 152 valence electrons. The van der Waals surface area contributed by atoms with E-state index in [4.69, 9.17) is 0 Å². The second-order valence-electron chi connectivity index (χ2n) is 6.91. The SMILES string of the molecule is Cc1cccc(NC(=O)Cn2c(=O)sc3cc(S(=O)(=O)N4CCCC4)ccc32)n1. The minimum atomic E-state index is -3.56. The lowest BCUT2D eigenvalue weighted by molar-refractivity contribution is -0.116. The number of sulfonamides is 1. The Morgan fingerprint density at radius 2 is 1.97 bits per heavy atom. The maximum absolute atomic E-state index is 12.8. The van der Waals surface area contributed by atoms with Gasteiger partial charge in [-0.1, -0.05) is 17.4 Å². The Labute approximate surface area is 171 Å². The molecule has 0 bridgehead atoms. The van der Waals surface area contributed by atoms with E-state index in [9.17, 15) is 18.0 Å². The summed E-state index contributed by atoms with van der Waals surface area (Å²) in [6.07, 6.45) is 1.71. The van der Waals surface area contributed by atoms with Gasteiger partial charge in [-0.25, -0.2) is 13.4 Å². The van der Waals surface area contributed by atoms with E-state index in [0.717, 1.165) is 29.9 Å². The van der Waals surface area contributed by atoms with Crippen LogP contribution in [0, 0.1) is 6.92 Å². The molecule has 0 saturated carbocycles. The van der Waals surface area contributed by atoms with Crippen molar-refractivity contribution in [3.05, 3.63) is 51.8 Å². The number of nitrogens with zero attached hydrogens (tertiary/aromatic N) is 3. The van der Waals surface area contributed by atoms with E-state index >= 15 is 0 Å². The molecule has 0 atom stereocenters. The second-order valence-corrected chi connectivity index (χ2v) is 9.84. The number of hydrogen-bond acceptors (Lipinski definition) is 6. The van der Waals surface area contributed by atoms with Gasteiger partial charge in [0.2, 0.25) is 15.9 Å². The summed E-state index contributed by atoms with van der Waals surface area (Å²) in [5.74, 6) is 0.0419. The Morgan fingerprint density at radius 3 is 2.69 bits per heavy atom. The summed E-state index contributed by atoms with van der Waals surface area (Å²) in [4.78, 5) is 28.9. The maximum atomic E-state index is 12.8. The number of pyridine rings is 1. The average molecular weight is 433 g/mol. The molecule has 10 heteroatoms. The number of anilines is 1. The summed E-state index contributed by atoms with van der Waals surface area (Å²) in [5.41, 5.74) is 1.31. The number of carbonyl (C=O) groups is 1. The highest BCUT2D eigenvalue weighted by atomic mass is 32.2. The highest BCUT2D eigenvalue weighted by Gasteiger charge is 2.27. The third kappa shape index (κ3) is 3.96. The maximum Gasteiger partial charge on any atom is 0.308 e. The molecule has 1 aliphatic heterocycles. The molecule has 3 heterocycles. The number of amides is 1. The molecule has 1 aliphatic rings. The van der Waals surface area contributed by atoms with Crippen molar-refractivity contribution < 1.29 is 13.2 Å². The van der Waals surface area contributed by atoms with Crippen molar-refractivity contribution >= 4 is 43.3 Å². The van der Waals surface area contributed by atoms with Gasteiger partial charge in [-0.2, -0.15) is 4.31 Å². The molecule has 2 aromatic heterocycles. The summed E-state index contributed by atoms with van der Waals surface area (Å²) >= 11 is 0.931. The van der Waals surface area contributed by atoms with Crippen LogP contribution in [0.1, 0.15) is 18.5 Å². The first-order chi connectivity index (χ1) is 13.8. The molecule has 0 unspecified atom stereocenters. The van der Waals surface area contributed by atoms with E-state index in [2.05, 4.69) is 10.3 Å². The van der Waals surface area contributed by atoms with Crippen LogP contribution in [-0.4, -0.2) is 41.3 Å². The fraction of sp³-hybridized carbons (Fsp3) is 0.316. The van der Waals surface area contributed by atoms with Gasteiger partial charge in [-0.3, -0.25) is 14.2 Å². The Hall–Kier alpha value is -2.56. The molecule has 1 saturated heterocycles. The largest absolute Gasteiger partial charge is 0.309 e. The van der Waals surface area contributed by atoms with Gasteiger partial charge in [-0.05, 0) is 50.1 Å². The number of thiazole rings is 1. The van der Waals surface area contributed by atoms with Crippen molar-refractivity contribution in [2.75, 3.05) is 18.4 Å². The fourth-order valence-corrected chi connectivity index (χ4v) is 5.92. The number of rotatable bonds is 5. The molecule has 29 heavy (non-hydrogen) atoms. The lowest BCUT2D eigenvalue weighted by Gasteiger charge is -2.15. The summed E-state index contributed by atoms with van der Waals surface area (Å²) in [7, 11) is -3.56. The van der Waals surface area contributed by atoms with Crippen molar-refractivity contribution in [3.8, 4) is 0 Å². The Kier molecular flexibility index (Phi) is 5.24. The van der Waals surface area contributed by atoms with Gasteiger partial charge in [0.15, 0.2) is 0 Å². The zero-order chi connectivity index (χ0) is 20.6. The summed E-state index contributed by atoms with van der Waals surface area (Å²) in [5, 5.41) is 2.68. The zero-order valence-corrected chi connectivity index (χ0v) is 17.4. The predicted molar refractivity (Wildman–Crippen MR) is 112 cm³/mol. The van der Waals surface area contributed by atoms with Crippen LogP contribution in [0.25, 0.3) is 10.2 Å². The smallest absolute Gasteiger partial charge is 0.308 e. The average Bonchev–Trinajstić information content (AvgIpc) is 3.30. The molecule has 1 fully saturated rings. The molecule has 8 nitrogen and oxygen atoms in total. The quantitative estimate of drug-likeness (QED) is 0.666. The van der Waals surface area contributed by atoms with Gasteiger partial charge in [0.1, 0.15) is 12.4 Å². The van der Waals surface area contributed by atoms with Crippen LogP contribution >= 0.6 is 11.3 Å². The van der Waals surface area contributed by atoms with Crippen LogP contribution in [0.5, 0.6) is 0 Å². The van der Waals surface area contributed by atoms with Gasteiger partial charge >= 0.3 is 4.87 Å². The number of fused-ring (bicyclic) bond motifs is 1. The van der Waals surface area contributed by atoms with Crippen LogP contribution in [0.4, 0.5) is 5.82 Å². The van der Waals surface area contributed by atoms with E-state index in [1.807, 2.05) is 13.0 Å². The molecule has 0 aliphatic carbocycles. The molecule has 1 aromatic carbocycles. The highest BCUT2D eigenvalue weighted by Crippen LogP contribution is 2.26. The standard InChI is InChI=1S/C19H20N4O4S2/c1-13-5-4-6-17(20-13)21-18(24)12-23-15-8-7-14(11-16(15)28-19(23)25)29(26,27)22-9-2-3-10-22/h4-8,11H,2-3,9-10,12H2,1H3,(H,20,21,24). The molecule has 1 amide bonds. The highest BCUT2D eigenvalue weighted by molar-refractivity contribution is 7.89. The van der Waals surface area contributed by atoms with Gasteiger partial charge in [0, 0.05) is 18.8 Å². The third-order valence-corrected chi connectivity index (χ3v) is 7.64. The first-order valence-electron chi connectivity index (χ1n) is 9.22. The first-order valence-corrected chi connectivity index (χ1v) is 11.5. The van der Waals surface area contributed by atoms with Crippen molar-refractivity contribution in [2.24, 2.45) is 0 Å². The second kappa shape index (κ2) is 7.69. The summed E-state index contributed by atoms with van der Waals surface area (Å²) < 4.78 is 28.9. The van der Waals surface area contributed by atoms with E-state index in [1.165, 1.54) is 21.0 Å². The normalized spacial score (nSPS) is 15.1. The van der Waals surface area contributed by atoms with E-state index in [-0.39, 0.29) is 22.2 Å². The molecular formula is C19H20N4O4S2. The minimum absolute atomic E-state index is 0.174. The van der Waals surface area contributed by atoms with E-state index < -0.39 is 10.0 Å². The molecule has 0 spiro atoms. The van der Waals surface area contributed by atoms with Gasteiger partial charge in [-0.15, -0.1) is 0 Å². The lowest BCUT2D eigenvalue weighted by atomic mass is 10.3. The zero-order valence-electron chi connectivity index (χ0n) is 15.8. The van der Waals surface area contributed by atoms with Crippen molar-refractivity contribution in [2.45, 2.75) is 31.2 Å².